The summed E-state index contributed by atoms with van der Waals surface area (Å²) in [4.78, 5) is 15.5. The van der Waals surface area contributed by atoms with E-state index in [0.717, 1.165) is 31.4 Å². The molecule has 1 aromatic heterocycles. The summed E-state index contributed by atoms with van der Waals surface area (Å²) in [5, 5.41) is 10.7. The van der Waals surface area contributed by atoms with Crippen LogP contribution in [0.1, 0.15) is 54.3 Å². The monoisotopic (exact) mass is 291 g/mol. The van der Waals surface area contributed by atoms with Crippen LogP contribution in [0.5, 0.6) is 0 Å². The number of carbonyl (C=O) groups excluding carboxylic acids is 1. The largest absolute Gasteiger partial charge is 0.384 e. The highest BCUT2D eigenvalue weighted by molar-refractivity contribution is 7.12. The standard InChI is InChI=1S/C16H21NO2S/c1-2-14-8-4-3-5-10-17(14)16(19)15-13(7-6-11-18)9-12-20-15/h9,12,14,18H,2-5,8,10-11H2,1H3. The lowest BCUT2D eigenvalue weighted by Gasteiger charge is -2.29. The van der Waals surface area contributed by atoms with E-state index in [1.165, 1.54) is 24.2 Å². The number of rotatable bonds is 2. The molecule has 1 saturated heterocycles. The molecule has 1 fully saturated rings. The first-order valence-corrected chi connectivity index (χ1v) is 8.14. The van der Waals surface area contributed by atoms with Crippen LogP contribution in [0.2, 0.25) is 0 Å². The molecule has 1 unspecified atom stereocenters. The fourth-order valence-corrected chi connectivity index (χ4v) is 3.51. The maximum atomic E-state index is 12.8. The number of likely N-dealkylation sites (tertiary alicyclic amines) is 1. The van der Waals surface area contributed by atoms with Gasteiger partial charge >= 0.3 is 0 Å². The summed E-state index contributed by atoms with van der Waals surface area (Å²) in [6, 6.07) is 2.21. The van der Waals surface area contributed by atoms with E-state index >= 15 is 0 Å². The number of aliphatic hydroxyl groups excluding tert-OH is 1. The van der Waals surface area contributed by atoms with Crippen molar-refractivity contribution in [1.29, 1.82) is 0 Å². The molecule has 0 saturated carbocycles. The number of nitrogens with zero attached hydrogens (tertiary/aromatic N) is 1. The van der Waals surface area contributed by atoms with Crippen molar-refractivity contribution in [2.45, 2.75) is 45.1 Å². The Morgan fingerprint density at radius 2 is 2.35 bits per heavy atom. The first-order chi connectivity index (χ1) is 9.77. The SMILES string of the molecule is CCC1CCCCCN1C(=O)c1sccc1C#CCO. The van der Waals surface area contributed by atoms with E-state index in [1.807, 2.05) is 16.3 Å². The third-order valence-corrected chi connectivity index (χ3v) is 4.67. The molecule has 4 heteroatoms. The van der Waals surface area contributed by atoms with Gasteiger partial charge in [0, 0.05) is 18.2 Å². The molecular formula is C16H21NO2S. The van der Waals surface area contributed by atoms with E-state index in [1.54, 1.807) is 0 Å². The van der Waals surface area contributed by atoms with Gasteiger partial charge in [-0.25, -0.2) is 0 Å². The Balaban J connectivity index is 2.22. The lowest BCUT2D eigenvalue weighted by atomic mass is 10.1. The van der Waals surface area contributed by atoms with Gasteiger partial charge in [0.05, 0.1) is 0 Å². The van der Waals surface area contributed by atoms with Crippen LogP contribution in [0.25, 0.3) is 0 Å². The first kappa shape index (κ1) is 15.1. The highest BCUT2D eigenvalue weighted by atomic mass is 32.1. The number of hydrogen-bond donors (Lipinski definition) is 1. The van der Waals surface area contributed by atoms with Crippen molar-refractivity contribution >= 4 is 17.2 Å². The van der Waals surface area contributed by atoms with Crippen molar-refractivity contribution in [1.82, 2.24) is 4.90 Å². The zero-order valence-electron chi connectivity index (χ0n) is 11.9. The second-order valence-electron chi connectivity index (χ2n) is 5.03. The number of aliphatic hydroxyl groups is 1. The average Bonchev–Trinajstić information content (AvgIpc) is 2.80. The van der Waals surface area contributed by atoms with E-state index in [4.69, 9.17) is 5.11 Å². The van der Waals surface area contributed by atoms with Gasteiger partial charge in [0.25, 0.3) is 5.91 Å². The molecular weight excluding hydrogens is 270 g/mol. The van der Waals surface area contributed by atoms with Crippen LogP contribution in [0.15, 0.2) is 11.4 Å². The molecule has 1 aliphatic rings. The Morgan fingerprint density at radius 3 is 3.10 bits per heavy atom. The van der Waals surface area contributed by atoms with Crippen molar-refractivity contribution < 1.29 is 9.90 Å². The summed E-state index contributed by atoms with van der Waals surface area (Å²) < 4.78 is 0. The predicted molar refractivity (Wildman–Crippen MR) is 81.9 cm³/mol. The highest BCUT2D eigenvalue weighted by Gasteiger charge is 2.26. The van der Waals surface area contributed by atoms with E-state index < -0.39 is 0 Å². The number of thiophene rings is 1. The molecule has 0 radical (unpaired) electrons. The van der Waals surface area contributed by atoms with E-state index in [-0.39, 0.29) is 12.5 Å². The molecule has 0 aromatic carbocycles. The number of amides is 1. The molecule has 1 amide bonds. The van der Waals surface area contributed by atoms with E-state index in [2.05, 4.69) is 18.8 Å². The molecule has 2 rings (SSSR count). The Morgan fingerprint density at radius 1 is 1.50 bits per heavy atom. The van der Waals surface area contributed by atoms with Crippen molar-refractivity contribution in [3.8, 4) is 11.8 Å². The van der Waals surface area contributed by atoms with Gasteiger partial charge in [-0.2, -0.15) is 0 Å². The Hall–Kier alpha value is -1.31. The highest BCUT2D eigenvalue weighted by Crippen LogP contribution is 2.25. The van der Waals surface area contributed by atoms with Crippen LogP contribution in [0.3, 0.4) is 0 Å². The second kappa shape index (κ2) is 7.47. The summed E-state index contributed by atoms with van der Waals surface area (Å²) >= 11 is 1.45. The quantitative estimate of drug-likeness (QED) is 0.851. The van der Waals surface area contributed by atoms with Gasteiger partial charge in [-0.15, -0.1) is 11.3 Å². The average molecular weight is 291 g/mol. The molecule has 20 heavy (non-hydrogen) atoms. The van der Waals surface area contributed by atoms with Gasteiger partial charge in [0.2, 0.25) is 0 Å². The minimum Gasteiger partial charge on any atom is -0.384 e. The van der Waals surface area contributed by atoms with Crippen LogP contribution in [-0.2, 0) is 0 Å². The van der Waals surface area contributed by atoms with Crippen LogP contribution < -0.4 is 0 Å². The molecule has 3 nitrogen and oxygen atoms in total. The fraction of sp³-hybridized carbons (Fsp3) is 0.562. The minimum atomic E-state index is -0.176. The molecule has 1 aliphatic heterocycles. The van der Waals surface area contributed by atoms with Crippen molar-refractivity contribution in [3.63, 3.8) is 0 Å². The van der Waals surface area contributed by atoms with E-state index in [0.29, 0.717) is 10.9 Å². The lowest BCUT2D eigenvalue weighted by Crippen LogP contribution is -2.39. The maximum absolute atomic E-state index is 12.8. The van der Waals surface area contributed by atoms with Crippen LogP contribution in [0.4, 0.5) is 0 Å². The van der Waals surface area contributed by atoms with Gasteiger partial charge < -0.3 is 10.0 Å². The van der Waals surface area contributed by atoms with Gasteiger partial charge in [-0.3, -0.25) is 4.79 Å². The predicted octanol–water partition coefficient (Wildman–Crippen LogP) is 2.89. The van der Waals surface area contributed by atoms with Gasteiger partial charge in [-0.1, -0.05) is 31.6 Å². The molecule has 0 bridgehead atoms. The minimum absolute atomic E-state index is 0.107. The normalized spacial score (nSPS) is 19.1. The van der Waals surface area contributed by atoms with Crippen molar-refractivity contribution in [3.05, 3.63) is 21.9 Å². The molecule has 2 heterocycles. The molecule has 108 valence electrons. The Bertz CT molecular complexity index is 512. The smallest absolute Gasteiger partial charge is 0.265 e. The zero-order valence-corrected chi connectivity index (χ0v) is 12.7. The number of hydrogen-bond acceptors (Lipinski definition) is 3. The Labute approximate surface area is 124 Å². The van der Waals surface area contributed by atoms with Gasteiger partial charge in [-0.05, 0) is 30.7 Å². The van der Waals surface area contributed by atoms with Crippen LogP contribution in [0, 0.1) is 11.8 Å². The maximum Gasteiger partial charge on any atom is 0.265 e. The summed E-state index contributed by atoms with van der Waals surface area (Å²) in [5.41, 5.74) is 0.744. The summed E-state index contributed by atoms with van der Waals surface area (Å²) in [6.45, 7) is 2.82. The third kappa shape index (κ3) is 3.41. The summed E-state index contributed by atoms with van der Waals surface area (Å²) in [5.74, 6) is 5.61. The molecule has 1 aromatic rings. The number of carbonyl (C=O) groups is 1. The third-order valence-electron chi connectivity index (χ3n) is 3.77. The molecule has 1 N–H and O–H groups in total. The molecule has 0 aliphatic carbocycles. The second-order valence-corrected chi connectivity index (χ2v) is 5.95. The topological polar surface area (TPSA) is 40.5 Å². The van der Waals surface area contributed by atoms with Crippen molar-refractivity contribution in [2.24, 2.45) is 0 Å². The molecule has 1 atom stereocenters. The van der Waals surface area contributed by atoms with Gasteiger partial charge in [0.15, 0.2) is 0 Å². The summed E-state index contributed by atoms with van der Waals surface area (Å²) in [7, 11) is 0. The first-order valence-electron chi connectivity index (χ1n) is 7.26. The lowest BCUT2D eigenvalue weighted by molar-refractivity contribution is 0.0683. The zero-order chi connectivity index (χ0) is 14.4. The fourth-order valence-electron chi connectivity index (χ4n) is 2.71. The molecule has 0 spiro atoms. The van der Waals surface area contributed by atoms with Crippen molar-refractivity contribution in [2.75, 3.05) is 13.2 Å². The summed E-state index contributed by atoms with van der Waals surface area (Å²) in [6.07, 6.45) is 5.62. The van der Waals surface area contributed by atoms with E-state index in [9.17, 15) is 4.79 Å². The Kier molecular flexibility index (Phi) is 5.63. The van der Waals surface area contributed by atoms with Gasteiger partial charge in [0.1, 0.15) is 11.5 Å². The van der Waals surface area contributed by atoms with Crippen LogP contribution in [-0.4, -0.2) is 35.1 Å². The van der Waals surface area contributed by atoms with Crippen LogP contribution >= 0.6 is 11.3 Å².